The Morgan fingerprint density at radius 3 is 2.58 bits per heavy atom. The number of hydrogen-bond acceptors (Lipinski definition) is 5. The van der Waals surface area contributed by atoms with Crippen LogP contribution in [0.3, 0.4) is 0 Å². The highest BCUT2D eigenvalue weighted by molar-refractivity contribution is 7.13. The van der Waals surface area contributed by atoms with Crippen LogP contribution in [0.1, 0.15) is 26.4 Å². The minimum atomic E-state index is -4.45. The van der Waals surface area contributed by atoms with Crippen molar-refractivity contribution in [2.45, 2.75) is 19.1 Å². The van der Waals surface area contributed by atoms with Gasteiger partial charge in [-0.05, 0) is 17.9 Å². The lowest BCUT2D eigenvalue weighted by Crippen LogP contribution is -2.27. The smallest absolute Gasteiger partial charge is 0.271 e. The molecule has 2 rings (SSSR count). The Hall–Kier alpha value is -0.670. The Bertz CT molecular complexity index is 579. The standard InChI is InChI=1S/C10H9ClF3N3S2/c1-4-3-18-8(6(4)11)7(17-15)5-2-16-9(19-5)10(12,13)14/h2-3,7,17H,15H2,1H3. The number of aromatic nitrogens is 1. The summed E-state index contributed by atoms with van der Waals surface area (Å²) in [6.07, 6.45) is -3.28. The number of nitrogens with one attached hydrogen (secondary N) is 1. The van der Waals surface area contributed by atoms with E-state index in [1.54, 1.807) is 0 Å². The van der Waals surface area contributed by atoms with Crippen LogP contribution in [0, 0.1) is 6.92 Å². The number of nitrogens with zero attached hydrogens (tertiary/aromatic N) is 1. The molecule has 1 unspecified atom stereocenters. The maximum atomic E-state index is 12.5. The average molecular weight is 328 g/mol. The van der Waals surface area contributed by atoms with Crippen molar-refractivity contribution in [2.75, 3.05) is 0 Å². The predicted molar refractivity (Wildman–Crippen MR) is 70.3 cm³/mol. The Morgan fingerprint density at radius 1 is 1.47 bits per heavy atom. The summed E-state index contributed by atoms with van der Waals surface area (Å²) < 4.78 is 37.6. The summed E-state index contributed by atoms with van der Waals surface area (Å²) in [5.41, 5.74) is 3.35. The zero-order chi connectivity index (χ0) is 14.2. The Kier molecular flexibility index (Phi) is 4.17. The monoisotopic (exact) mass is 327 g/mol. The summed E-state index contributed by atoms with van der Waals surface area (Å²) in [6, 6.07) is -0.584. The second-order valence-corrected chi connectivity index (χ2v) is 6.11. The molecule has 0 aliphatic rings. The summed E-state index contributed by atoms with van der Waals surface area (Å²) in [4.78, 5) is 4.43. The van der Waals surface area contributed by atoms with E-state index >= 15 is 0 Å². The fourth-order valence-electron chi connectivity index (χ4n) is 1.48. The van der Waals surface area contributed by atoms with Crippen molar-refractivity contribution < 1.29 is 13.2 Å². The van der Waals surface area contributed by atoms with Crippen LogP contribution in [0.15, 0.2) is 11.6 Å². The van der Waals surface area contributed by atoms with E-state index in [1.807, 2.05) is 12.3 Å². The zero-order valence-electron chi connectivity index (χ0n) is 9.58. The highest BCUT2D eigenvalue weighted by atomic mass is 35.5. The first kappa shape index (κ1) is 14.7. The molecule has 0 bridgehead atoms. The van der Waals surface area contributed by atoms with Crippen molar-refractivity contribution in [1.29, 1.82) is 0 Å². The van der Waals surface area contributed by atoms with E-state index in [-0.39, 0.29) is 0 Å². The Morgan fingerprint density at radius 2 is 2.16 bits per heavy atom. The topological polar surface area (TPSA) is 50.9 Å². The molecule has 0 aliphatic heterocycles. The third kappa shape index (κ3) is 2.92. The molecule has 1 atom stereocenters. The van der Waals surface area contributed by atoms with E-state index in [2.05, 4.69) is 10.4 Å². The van der Waals surface area contributed by atoms with Gasteiger partial charge in [-0.25, -0.2) is 10.4 Å². The second-order valence-electron chi connectivity index (χ2n) is 3.76. The maximum absolute atomic E-state index is 12.5. The summed E-state index contributed by atoms with van der Waals surface area (Å²) in [6.45, 7) is 1.82. The van der Waals surface area contributed by atoms with Crippen molar-refractivity contribution in [1.82, 2.24) is 10.4 Å². The van der Waals surface area contributed by atoms with Gasteiger partial charge in [-0.1, -0.05) is 11.6 Å². The minimum Gasteiger partial charge on any atom is -0.271 e. The van der Waals surface area contributed by atoms with Crippen molar-refractivity contribution in [2.24, 2.45) is 5.84 Å². The molecule has 0 radical (unpaired) electrons. The normalized spacial score (nSPS) is 13.8. The van der Waals surface area contributed by atoms with Crippen LogP contribution in [0.5, 0.6) is 0 Å². The predicted octanol–water partition coefficient (Wildman–Crippen LogP) is 3.74. The molecule has 2 aromatic heterocycles. The number of nitrogens with two attached hydrogens (primary N) is 1. The molecule has 0 saturated heterocycles. The van der Waals surface area contributed by atoms with E-state index in [1.165, 1.54) is 17.5 Å². The first-order chi connectivity index (χ1) is 8.84. The van der Waals surface area contributed by atoms with E-state index in [9.17, 15) is 13.2 Å². The molecular formula is C10H9ClF3N3S2. The first-order valence-corrected chi connectivity index (χ1v) is 7.14. The number of aryl methyl sites for hydroxylation is 1. The lowest BCUT2D eigenvalue weighted by Gasteiger charge is -2.12. The van der Waals surface area contributed by atoms with E-state index in [0.29, 0.717) is 26.1 Å². The van der Waals surface area contributed by atoms with Crippen molar-refractivity contribution in [3.8, 4) is 0 Å². The van der Waals surface area contributed by atoms with Crippen LogP contribution in [0.2, 0.25) is 5.02 Å². The van der Waals surface area contributed by atoms with Gasteiger partial charge in [0, 0.05) is 16.0 Å². The number of alkyl halides is 3. The largest absolute Gasteiger partial charge is 0.443 e. The van der Waals surface area contributed by atoms with Crippen LogP contribution in [0.25, 0.3) is 0 Å². The van der Waals surface area contributed by atoms with Crippen molar-refractivity contribution in [3.05, 3.63) is 36.9 Å². The molecule has 0 spiro atoms. The highest BCUT2D eigenvalue weighted by Gasteiger charge is 2.35. The van der Waals surface area contributed by atoms with Gasteiger partial charge in [-0.3, -0.25) is 5.84 Å². The van der Waals surface area contributed by atoms with Crippen LogP contribution >= 0.6 is 34.3 Å². The van der Waals surface area contributed by atoms with Gasteiger partial charge in [0.05, 0.1) is 11.1 Å². The number of thiazole rings is 1. The Balaban J connectivity index is 2.38. The number of halogens is 4. The van der Waals surface area contributed by atoms with Gasteiger partial charge in [-0.2, -0.15) is 13.2 Å². The first-order valence-electron chi connectivity index (χ1n) is 5.07. The van der Waals surface area contributed by atoms with Gasteiger partial charge in [0.25, 0.3) is 0 Å². The summed E-state index contributed by atoms with van der Waals surface area (Å²) in [7, 11) is 0. The van der Waals surface area contributed by atoms with Crippen LogP contribution < -0.4 is 11.3 Å². The molecular weight excluding hydrogens is 319 g/mol. The molecule has 0 fully saturated rings. The molecule has 0 aliphatic carbocycles. The molecule has 0 saturated carbocycles. The number of hydrazine groups is 1. The fourth-order valence-corrected chi connectivity index (χ4v) is 3.79. The van der Waals surface area contributed by atoms with Crippen molar-refractivity contribution >= 4 is 34.3 Å². The molecule has 9 heteroatoms. The van der Waals surface area contributed by atoms with Gasteiger partial charge in [0.2, 0.25) is 0 Å². The maximum Gasteiger partial charge on any atom is 0.443 e. The van der Waals surface area contributed by atoms with Crippen LogP contribution in [0.4, 0.5) is 13.2 Å². The highest BCUT2D eigenvalue weighted by Crippen LogP contribution is 2.39. The van der Waals surface area contributed by atoms with Gasteiger partial charge in [0.15, 0.2) is 5.01 Å². The third-order valence-electron chi connectivity index (χ3n) is 2.40. The molecule has 3 nitrogen and oxygen atoms in total. The average Bonchev–Trinajstić information content (AvgIpc) is 2.92. The number of rotatable bonds is 3. The van der Waals surface area contributed by atoms with Crippen LogP contribution in [-0.2, 0) is 6.18 Å². The lowest BCUT2D eigenvalue weighted by atomic mass is 10.2. The number of hydrogen-bond donors (Lipinski definition) is 2. The molecule has 104 valence electrons. The van der Waals surface area contributed by atoms with Crippen LogP contribution in [-0.4, -0.2) is 4.98 Å². The van der Waals surface area contributed by atoms with Gasteiger partial charge >= 0.3 is 6.18 Å². The number of thiophene rings is 1. The molecule has 2 aromatic rings. The van der Waals surface area contributed by atoms with Gasteiger partial charge in [0.1, 0.15) is 0 Å². The fraction of sp³-hybridized carbons (Fsp3) is 0.300. The SMILES string of the molecule is Cc1csc(C(NN)c2cnc(C(F)(F)F)s2)c1Cl. The lowest BCUT2D eigenvalue weighted by molar-refractivity contribution is -0.137. The molecule has 0 aromatic carbocycles. The van der Waals surface area contributed by atoms with Gasteiger partial charge in [-0.15, -0.1) is 22.7 Å². The molecule has 2 heterocycles. The molecule has 3 N–H and O–H groups in total. The molecule has 19 heavy (non-hydrogen) atoms. The molecule has 0 amide bonds. The zero-order valence-corrected chi connectivity index (χ0v) is 12.0. The summed E-state index contributed by atoms with van der Waals surface area (Å²) in [5.74, 6) is 5.43. The Labute approximate surface area is 120 Å². The van der Waals surface area contributed by atoms with Gasteiger partial charge < -0.3 is 0 Å². The third-order valence-corrected chi connectivity index (χ3v) is 5.29. The van der Waals surface area contributed by atoms with E-state index in [4.69, 9.17) is 17.4 Å². The summed E-state index contributed by atoms with van der Waals surface area (Å²) >= 11 is 8.00. The quantitative estimate of drug-likeness (QED) is 0.667. The van der Waals surface area contributed by atoms with E-state index < -0.39 is 17.2 Å². The summed E-state index contributed by atoms with van der Waals surface area (Å²) in [5, 5.41) is 1.44. The minimum absolute atomic E-state index is 0.374. The second kappa shape index (κ2) is 5.37. The van der Waals surface area contributed by atoms with Crippen molar-refractivity contribution in [3.63, 3.8) is 0 Å². The van der Waals surface area contributed by atoms with E-state index in [0.717, 1.165) is 5.56 Å².